The summed E-state index contributed by atoms with van der Waals surface area (Å²) in [6.07, 6.45) is 1.67. The fourth-order valence-corrected chi connectivity index (χ4v) is 3.87. The van der Waals surface area contributed by atoms with Crippen LogP contribution in [0.25, 0.3) is 11.4 Å². The summed E-state index contributed by atoms with van der Waals surface area (Å²) in [5.41, 5.74) is 0.966. The van der Waals surface area contributed by atoms with Gasteiger partial charge < -0.3 is 10.4 Å². The molecule has 0 radical (unpaired) electrons. The van der Waals surface area contributed by atoms with Crippen molar-refractivity contribution in [1.29, 1.82) is 0 Å². The van der Waals surface area contributed by atoms with E-state index in [1.807, 2.05) is 0 Å². The molecule has 0 saturated heterocycles. The largest absolute Gasteiger partial charge is 0.507 e. The maximum atomic E-state index is 12.3. The number of primary sulfonamides is 1. The van der Waals surface area contributed by atoms with E-state index in [1.54, 1.807) is 34.9 Å². The Balaban J connectivity index is 1.70. The van der Waals surface area contributed by atoms with Gasteiger partial charge in [0.15, 0.2) is 11.0 Å². The first-order valence-corrected chi connectivity index (χ1v) is 11.2. The van der Waals surface area contributed by atoms with Crippen molar-refractivity contribution in [1.82, 2.24) is 14.8 Å². The highest BCUT2D eigenvalue weighted by Gasteiger charge is 2.17. The number of thioether (sulfide) groups is 1. The molecule has 2 aromatic carbocycles. The van der Waals surface area contributed by atoms with E-state index in [0.717, 1.165) is 0 Å². The lowest BCUT2D eigenvalue weighted by atomic mass is 10.2. The van der Waals surface area contributed by atoms with E-state index in [4.69, 9.17) is 5.14 Å². The standard InChI is InChI=1S/C19H19N5O4S2/c1-2-11-24-18(15-5-3-4-6-16(15)25)22-23-19(24)29-12-17(26)21-13-7-9-14(10-8-13)30(20,27)28/h2-10,25H,1,11-12H2,(H,21,26)(H2,20,27,28). The summed E-state index contributed by atoms with van der Waals surface area (Å²) in [6.45, 7) is 4.13. The van der Waals surface area contributed by atoms with Gasteiger partial charge in [-0.15, -0.1) is 16.8 Å². The minimum Gasteiger partial charge on any atom is -0.507 e. The minimum atomic E-state index is -3.79. The number of phenolic OH excluding ortho intramolecular Hbond substituents is 1. The Morgan fingerprint density at radius 2 is 1.90 bits per heavy atom. The normalized spacial score (nSPS) is 11.2. The summed E-state index contributed by atoms with van der Waals surface area (Å²) in [7, 11) is -3.79. The van der Waals surface area contributed by atoms with Crippen LogP contribution in [0.2, 0.25) is 0 Å². The maximum Gasteiger partial charge on any atom is 0.238 e. The number of allylic oxidation sites excluding steroid dienone is 1. The van der Waals surface area contributed by atoms with Crippen molar-refractivity contribution in [3.8, 4) is 17.1 Å². The first-order chi connectivity index (χ1) is 14.3. The number of hydrogen-bond donors (Lipinski definition) is 3. The highest BCUT2D eigenvalue weighted by Crippen LogP contribution is 2.30. The summed E-state index contributed by atoms with van der Waals surface area (Å²) in [4.78, 5) is 12.2. The Kier molecular flexibility index (Phi) is 6.55. The van der Waals surface area contributed by atoms with Crippen LogP contribution in [0.15, 0.2) is 71.2 Å². The van der Waals surface area contributed by atoms with E-state index >= 15 is 0 Å². The fraction of sp³-hybridized carbons (Fsp3) is 0.105. The van der Waals surface area contributed by atoms with E-state index in [1.165, 1.54) is 36.0 Å². The molecule has 3 rings (SSSR count). The average molecular weight is 446 g/mol. The van der Waals surface area contributed by atoms with Crippen molar-refractivity contribution < 1.29 is 18.3 Å². The number of phenols is 1. The molecule has 156 valence electrons. The molecule has 1 aromatic heterocycles. The Hall–Kier alpha value is -3.15. The lowest BCUT2D eigenvalue weighted by Gasteiger charge is -2.09. The molecule has 1 heterocycles. The van der Waals surface area contributed by atoms with Crippen LogP contribution in [-0.4, -0.2) is 39.9 Å². The highest BCUT2D eigenvalue weighted by molar-refractivity contribution is 7.99. The number of para-hydroxylation sites is 1. The number of sulfonamides is 1. The number of nitrogens with zero attached hydrogens (tertiary/aromatic N) is 3. The molecule has 4 N–H and O–H groups in total. The molecular formula is C19H19N5O4S2. The van der Waals surface area contributed by atoms with Crippen molar-refractivity contribution >= 4 is 33.4 Å². The zero-order valence-corrected chi connectivity index (χ0v) is 17.4. The average Bonchev–Trinajstić information content (AvgIpc) is 3.09. The van der Waals surface area contributed by atoms with Crippen molar-refractivity contribution in [2.24, 2.45) is 5.14 Å². The lowest BCUT2D eigenvalue weighted by Crippen LogP contribution is -2.15. The molecule has 0 atom stereocenters. The molecule has 9 nitrogen and oxygen atoms in total. The number of amides is 1. The quantitative estimate of drug-likeness (QED) is 0.357. The van der Waals surface area contributed by atoms with Gasteiger partial charge in [0, 0.05) is 12.2 Å². The predicted molar refractivity (Wildman–Crippen MR) is 114 cm³/mol. The van der Waals surface area contributed by atoms with Gasteiger partial charge in [0.05, 0.1) is 16.2 Å². The lowest BCUT2D eigenvalue weighted by molar-refractivity contribution is -0.113. The van der Waals surface area contributed by atoms with Crippen LogP contribution in [0.3, 0.4) is 0 Å². The number of aromatic nitrogens is 3. The second-order valence-corrected chi connectivity index (χ2v) is 8.63. The molecule has 0 aliphatic carbocycles. The maximum absolute atomic E-state index is 12.3. The van der Waals surface area contributed by atoms with Gasteiger partial charge in [-0.25, -0.2) is 13.6 Å². The predicted octanol–water partition coefficient (Wildman–Crippen LogP) is 2.21. The number of carbonyl (C=O) groups excluding carboxylic acids is 1. The molecule has 30 heavy (non-hydrogen) atoms. The number of benzene rings is 2. The number of rotatable bonds is 8. The Bertz CT molecular complexity index is 1170. The topological polar surface area (TPSA) is 140 Å². The third kappa shape index (κ3) is 5.06. The summed E-state index contributed by atoms with van der Waals surface area (Å²) < 4.78 is 24.3. The van der Waals surface area contributed by atoms with Crippen LogP contribution in [0.4, 0.5) is 5.69 Å². The number of nitrogens with two attached hydrogens (primary N) is 1. The van der Waals surface area contributed by atoms with Gasteiger partial charge in [-0.05, 0) is 36.4 Å². The fourth-order valence-electron chi connectivity index (χ4n) is 2.61. The third-order valence-electron chi connectivity index (χ3n) is 3.97. The van der Waals surface area contributed by atoms with Gasteiger partial charge in [-0.3, -0.25) is 9.36 Å². The summed E-state index contributed by atoms with van der Waals surface area (Å²) >= 11 is 1.18. The molecule has 3 aromatic rings. The van der Waals surface area contributed by atoms with Gasteiger partial charge >= 0.3 is 0 Å². The number of aromatic hydroxyl groups is 1. The number of carbonyl (C=O) groups is 1. The van der Waals surface area contributed by atoms with Crippen LogP contribution in [-0.2, 0) is 21.4 Å². The van der Waals surface area contributed by atoms with Gasteiger partial charge in [0.1, 0.15) is 5.75 Å². The van der Waals surface area contributed by atoms with Crippen molar-refractivity contribution in [2.45, 2.75) is 16.6 Å². The summed E-state index contributed by atoms with van der Waals surface area (Å²) in [5.74, 6) is 0.287. The van der Waals surface area contributed by atoms with E-state index in [9.17, 15) is 18.3 Å². The van der Waals surface area contributed by atoms with Gasteiger partial charge in [0.2, 0.25) is 15.9 Å². The van der Waals surface area contributed by atoms with Crippen molar-refractivity contribution in [2.75, 3.05) is 11.1 Å². The third-order valence-corrected chi connectivity index (χ3v) is 5.87. The molecule has 0 spiro atoms. The smallest absolute Gasteiger partial charge is 0.238 e. The van der Waals surface area contributed by atoms with Crippen LogP contribution in [0.1, 0.15) is 0 Å². The van der Waals surface area contributed by atoms with Crippen LogP contribution in [0.5, 0.6) is 5.75 Å². The zero-order chi connectivity index (χ0) is 21.7. The van der Waals surface area contributed by atoms with Crippen LogP contribution in [0, 0.1) is 0 Å². The molecule has 0 saturated carbocycles. The molecule has 0 aliphatic rings. The Morgan fingerprint density at radius 1 is 1.20 bits per heavy atom. The highest BCUT2D eigenvalue weighted by atomic mass is 32.2. The van der Waals surface area contributed by atoms with Gasteiger partial charge in [-0.1, -0.05) is 30.0 Å². The number of anilines is 1. The molecular weight excluding hydrogens is 426 g/mol. The SMILES string of the molecule is C=CCn1c(SCC(=O)Nc2ccc(S(N)(=O)=O)cc2)nnc1-c1ccccc1O. The van der Waals surface area contributed by atoms with Crippen molar-refractivity contribution in [3.05, 3.63) is 61.2 Å². The van der Waals surface area contributed by atoms with E-state index < -0.39 is 10.0 Å². The first-order valence-electron chi connectivity index (χ1n) is 8.67. The minimum absolute atomic E-state index is 0.0379. The summed E-state index contributed by atoms with van der Waals surface area (Å²) in [5, 5.41) is 26.6. The molecule has 0 aliphatic heterocycles. The molecule has 11 heteroatoms. The van der Waals surface area contributed by atoms with Gasteiger partial charge in [0.25, 0.3) is 0 Å². The first kappa shape index (κ1) is 21.6. The molecule has 1 amide bonds. The van der Waals surface area contributed by atoms with Crippen LogP contribution >= 0.6 is 11.8 Å². The molecule has 0 unspecified atom stereocenters. The number of hydrogen-bond acceptors (Lipinski definition) is 7. The van der Waals surface area contributed by atoms with E-state index in [0.29, 0.717) is 28.8 Å². The van der Waals surface area contributed by atoms with E-state index in [2.05, 4.69) is 22.1 Å². The second-order valence-electron chi connectivity index (χ2n) is 6.13. The monoisotopic (exact) mass is 445 g/mol. The molecule has 0 bridgehead atoms. The summed E-state index contributed by atoms with van der Waals surface area (Å²) in [6, 6.07) is 12.3. The molecule has 0 fully saturated rings. The van der Waals surface area contributed by atoms with Crippen LogP contribution < -0.4 is 10.5 Å². The number of nitrogens with one attached hydrogen (secondary N) is 1. The van der Waals surface area contributed by atoms with Crippen molar-refractivity contribution in [3.63, 3.8) is 0 Å². The zero-order valence-electron chi connectivity index (χ0n) is 15.7. The second kappa shape index (κ2) is 9.11. The Labute approximate surface area is 177 Å². The Morgan fingerprint density at radius 3 is 2.53 bits per heavy atom. The van der Waals surface area contributed by atoms with E-state index in [-0.39, 0.29) is 22.3 Å². The van der Waals surface area contributed by atoms with Gasteiger partial charge in [-0.2, -0.15) is 0 Å².